The van der Waals surface area contributed by atoms with Crippen LogP contribution in [0.15, 0.2) is 48.5 Å². The first-order valence-electron chi connectivity index (χ1n) is 9.04. The van der Waals surface area contributed by atoms with Gasteiger partial charge in [-0.25, -0.2) is 0 Å². The topological polar surface area (TPSA) is 75.6 Å². The third kappa shape index (κ3) is 4.56. The molecule has 4 N–H and O–H groups in total. The number of para-hydroxylation sites is 1. The van der Waals surface area contributed by atoms with Crippen LogP contribution in [0.25, 0.3) is 0 Å². The Kier molecular flexibility index (Phi) is 5.79. The van der Waals surface area contributed by atoms with E-state index < -0.39 is 11.7 Å². The molecule has 2 aromatic carbocycles. The minimum Gasteiger partial charge on any atom is -0.398 e. The predicted molar refractivity (Wildman–Crippen MR) is 103 cm³/mol. The Hall–Kier alpha value is -2.74. The molecule has 28 heavy (non-hydrogen) atoms. The van der Waals surface area contributed by atoms with Crippen LogP contribution in [0.5, 0.6) is 0 Å². The lowest BCUT2D eigenvalue weighted by molar-refractivity contribution is -0.137. The average Bonchev–Trinajstić information content (AvgIpc) is 2.66. The number of carbonyl (C=O) groups excluding carboxylic acids is 1. The van der Waals surface area contributed by atoms with Gasteiger partial charge in [0, 0.05) is 44.0 Å². The Morgan fingerprint density at radius 3 is 2.54 bits per heavy atom. The highest BCUT2D eigenvalue weighted by Crippen LogP contribution is 2.35. The Bertz CT molecular complexity index is 840. The van der Waals surface area contributed by atoms with E-state index >= 15 is 0 Å². The fourth-order valence-electron chi connectivity index (χ4n) is 3.56. The maximum Gasteiger partial charge on any atom is 0.416 e. The highest BCUT2D eigenvalue weighted by atomic mass is 19.4. The maximum atomic E-state index is 13.1. The molecule has 150 valence electrons. The summed E-state index contributed by atoms with van der Waals surface area (Å²) in [5, 5.41) is 0. The number of amides is 1. The SMILES string of the molecule is NC(=O)CCN1CCN(c2cccc(C(F)(F)F)c2)CC1c1ccccc1N. The minimum absolute atomic E-state index is 0.149. The number of benzene rings is 2. The maximum absolute atomic E-state index is 13.1. The van der Waals surface area contributed by atoms with Crippen LogP contribution >= 0.6 is 0 Å². The molecule has 2 aromatic rings. The minimum atomic E-state index is -4.39. The summed E-state index contributed by atoms with van der Waals surface area (Å²) in [5.41, 5.74) is 12.8. The van der Waals surface area contributed by atoms with Crippen molar-refractivity contribution >= 4 is 17.3 Å². The summed E-state index contributed by atoms with van der Waals surface area (Å²) >= 11 is 0. The largest absolute Gasteiger partial charge is 0.416 e. The number of anilines is 2. The summed E-state index contributed by atoms with van der Waals surface area (Å²) in [6.07, 6.45) is -4.17. The van der Waals surface area contributed by atoms with Crippen molar-refractivity contribution in [3.05, 3.63) is 59.7 Å². The second-order valence-electron chi connectivity index (χ2n) is 6.89. The molecule has 0 aromatic heterocycles. The van der Waals surface area contributed by atoms with E-state index in [1.54, 1.807) is 12.1 Å². The molecule has 8 heteroatoms. The van der Waals surface area contributed by atoms with Gasteiger partial charge < -0.3 is 16.4 Å². The Labute approximate surface area is 161 Å². The van der Waals surface area contributed by atoms with Crippen LogP contribution in [0.4, 0.5) is 24.5 Å². The van der Waals surface area contributed by atoms with E-state index in [0.29, 0.717) is 37.6 Å². The molecule has 0 bridgehead atoms. The first-order chi connectivity index (χ1) is 13.3. The molecule has 0 radical (unpaired) electrons. The molecule has 1 atom stereocenters. The van der Waals surface area contributed by atoms with Gasteiger partial charge in [-0.1, -0.05) is 24.3 Å². The lowest BCUT2D eigenvalue weighted by Gasteiger charge is -2.43. The van der Waals surface area contributed by atoms with Crippen LogP contribution in [0.3, 0.4) is 0 Å². The molecule has 1 saturated heterocycles. The lowest BCUT2D eigenvalue weighted by Crippen LogP contribution is -2.49. The van der Waals surface area contributed by atoms with E-state index in [9.17, 15) is 18.0 Å². The normalized spacial score (nSPS) is 18.2. The van der Waals surface area contributed by atoms with Gasteiger partial charge in [-0.2, -0.15) is 13.2 Å². The quantitative estimate of drug-likeness (QED) is 0.767. The molecule has 5 nitrogen and oxygen atoms in total. The first-order valence-corrected chi connectivity index (χ1v) is 9.04. The molecule has 1 fully saturated rings. The van der Waals surface area contributed by atoms with Gasteiger partial charge in [0.05, 0.1) is 11.6 Å². The van der Waals surface area contributed by atoms with Crippen LogP contribution in [-0.4, -0.2) is 37.0 Å². The number of piperazine rings is 1. The van der Waals surface area contributed by atoms with E-state index in [2.05, 4.69) is 4.90 Å². The third-order valence-corrected chi connectivity index (χ3v) is 5.03. The van der Waals surface area contributed by atoms with Crippen LogP contribution in [0.2, 0.25) is 0 Å². The zero-order valence-electron chi connectivity index (χ0n) is 15.3. The van der Waals surface area contributed by atoms with Gasteiger partial charge >= 0.3 is 6.18 Å². The molecular weight excluding hydrogens is 369 g/mol. The van der Waals surface area contributed by atoms with Gasteiger partial charge in [-0.05, 0) is 29.8 Å². The number of halogens is 3. The third-order valence-electron chi connectivity index (χ3n) is 5.03. The zero-order chi connectivity index (χ0) is 20.3. The zero-order valence-corrected chi connectivity index (χ0v) is 15.3. The molecular formula is C20H23F3N4O. The van der Waals surface area contributed by atoms with Crippen LogP contribution in [0.1, 0.15) is 23.6 Å². The number of hydrogen-bond acceptors (Lipinski definition) is 4. The Morgan fingerprint density at radius 2 is 1.86 bits per heavy atom. The van der Waals surface area contributed by atoms with Gasteiger partial charge in [0.15, 0.2) is 0 Å². The molecule has 1 aliphatic heterocycles. The summed E-state index contributed by atoms with van der Waals surface area (Å²) in [6.45, 7) is 2.07. The number of alkyl halides is 3. The summed E-state index contributed by atoms with van der Waals surface area (Å²) in [4.78, 5) is 15.3. The average molecular weight is 392 g/mol. The second-order valence-corrected chi connectivity index (χ2v) is 6.89. The van der Waals surface area contributed by atoms with Gasteiger partial charge in [0.1, 0.15) is 0 Å². The van der Waals surface area contributed by atoms with Crippen molar-refractivity contribution in [1.82, 2.24) is 4.90 Å². The summed E-state index contributed by atoms with van der Waals surface area (Å²) in [6, 6.07) is 12.6. The number of hydrogen-bond donors (Lipinski definition) is 2. The van der Waals surface area contributed by atoms with E-state index in [1.807, 2.05) is 23.1 Å². The van der Waals surface area contributed by atoms with Gasteiger partial charge in [0.25, 0.3) is 0 Å². The summed E-state index contributed by atoms with van der Waals surface area (Å²) < 4.78 is 39.2. The number of nitrogens with two attached hydrogens (primary N) is 2. The molecule has 0 spiro atoms. The van der Waals surface area contributed by atoms with Crippen LogP contribution < -0.4 is 16.4 Å². The van der Waals surface area contributed by atoms with Gasteiger partial charge in [0.2, 0.25) is 5.91 Å². The van der Waals surface area contributed by atoms with Crippen molar-refractivity contribution in [3.8, 4) is 0 Å². The molecule has 1 amide bonds. The highest BCUT2D eigenvalue weighted by molar-refractivity contribution is 5.73. The number of carbonyl (C=O) groups is 1. The van der Waals surface area contributed by atoms with E-state index in [1.165, 1.54) is 12.1 Å². The number of primary amides is 1. The second kappa shape index (κ2) is 8.10. The van der Waals surface area contributed by atoms with Crippen LogP contribution in [0, 0.1) is 0 Å². The standard InChI is InChI=1S/C20H23F3N4O/c21-20(22,23)14-4-3-5-15(12-14)27-11-10-26(9-8-19(25)28)18(13-27)16-6-1-2-7-17(16)24/h1-7,12,18H,8-11,13,24H2,(H2,25,28). The van der Waals surface area contributed by atoms with Crippen molar-refractivity contribution in [2.24, 2.45) is 5.73 Å². The predicted octanol–water partition coefficient (Wildman–Crippen LogP) is 3.03. The monoisotopic (exact) mass is 392 g/mol. The Morgan fingerprint density at radius 1 is 1.11 bits per heavy atom. The fourth-order valence-corrected chi connectivity index (χ4v) is 3.56. The fraction of sp³-hybridized carbons (Fsp3) is 0.350. The van der Waals surface area contributed by atoms with Gasteiger partial charge in [-0.15, -0.1) is 0 Å². The number of nitrogen functional groups attached to an aromatic ring is 1. The number of rotatable bonds is 5. The smallest absolute Gasteiger partial charge is 0.398 e. The summed E-state index contributed by atoms with van der Waals surface area (Å²) in [7, 11) is 0. The van der Waals surface area contributed by atoms with Gasteiger partial charge in [-0.3, -0.25) is 9.69 Å². The first kappa shape index (κ1) is 20.0. The van der Waals surface area contributed by atoms with Crippen molar-refractivity contribution < 1.29 is 18.0 Å². The van der Waals surface area contributed by atoms with Crippen molar-refractivity contribution in [1.29, 1.82) is 0 Å². The summed E-state index contributed by atoms with van der Waals surface area (Å²) in [5.74, 6) is -0.389. The van der Waals surface area contributed by atoms with E-state index in [0.717, 1.165) is 11.6 Å². The molecule has 3 rings (SSSR count). The molecule has 1 aliphatic rings. The molecule has 0 aliphatic carbocycles. The molecule has 1 heterocycles. The highest BCUT2D eigenvalue weighted by Gasteiger charge is 2.33. The lowest BCUT2D eigenvalue weighted by atomic mass is 9.99. The molecule has 1 unspecified atom stereocenters. The Balaban J connectivity index is 1.88. The van der Waals surface area contributed by atoms with Crippen molar-refractivity contribution in [2.45, 2.75) is 18.6 Å². The van der Waals surface area contributed by atoms with Crippen molar-refractivity contribution in [2.75, 3.05) is 36.8 Å². The van der Waals surface area contributed by atoms with Crippen LogP contribution in [-0.2, 0) is 11.0 Å². The van der Waals surface area contributed by atoms with E-state index in [4.69, 9.17) is 11.5 Å². The van der Waals surface area contributed by atoms with E-state index in [-0.39, 0.29) is 18.4 Å². The number of nitrogens with zero attached hydrogens (tertiary/aromatic N) is 2. The van der Waals surface area contributed by atoms with Crippen molar-refractivity contribution in [3.63, 3.8) is 0 Å². The molecule has 0 saturated carbocycles.